The van der Waals surface area contributed by atoms with E-state index in [2.05, 4.69) is 64.3 Å². The van der Waals surface area contributed by atoms with Gasteiger partial charge in [-0.1, -0.05) is 25.1 Å². The van der Waals surface area contributed by atoms with Crippen molar-refractivity contribution >= 4 is 5.69 Å². The molecule has 1 N–H and O–H groups in total. The first-order valence-electron chi connectivity index (χ1n) is 12.2. The molecule has 0 radical (unpaired) electrons. The van der Waals surface area contributed by atoms with Crippen LogP contribution in [-0.2, 0) is 19.4 Å². The molecule has 1 aromatic carbocycles. The summed E-state index contributed by atoms with van der Waals surface area (Å²) in [4.78, 5) is 12.7. The summed E-state index contributed by atoms with van der Waals surface area (Å²) in [6.07, 6.45) is 6.81. The Morgan fingerprint density at radius 1 is 1.13 bits per heavy atom. The summed E-state index contributed by atoms with van der Waals surface area (Å²) in [6.45, 7) is 9.97. The van der Waals surface area contributed by atoms with E-state index >= 15 is 0 Å². The molecule has 166 valence electrons. The van der Waals surface area contributed by atoms with Gasteiger partial charge >= 0.3 is 0 Å². The third-order valence-electron chi connectivity index (χ3n) is 7.65. The number of hydrogen-bond donors (Lipinski definition) is 1. The summed E-state index contributed by atoms with van der Waals surface area (Å²) >= 11 is 0. The van der Waals surface area contributed by atoms with Crippen LogP contribution >= 0.6 is 0 Å². The average Bonchev–Trinajstić information content (AvgIpc) is 2.82. The minimum absolute atomic E-state index is 0.466. The van der Waals surface area contributed by atoms with E-state index in [0.29, 0.717) is 12.1 Å². The summed E-state index contributed by atoms with van der Waals surface area (Å²) in [6, 6.07) is 12.3. The zero-order valence-corrected chi connectivity index (χ0v) is 19.2. The zero-order chi connectivity index (χ0) is 21.2. The van der Waals surface area contributed by atoms with Gasteiger partial charge in [0, 0.05) is 57.2 Å². The number of likely N-dealkylation sites (N-methyl/N-ethyl adjacent to an activating group) is 2. The Balaban J connectivity index is 1.37. The maximum atomic E-state index is 4.83. The quantitative estimate of drug-likeness (QED) is 0.805. The van der Waals surface area contributed by atoms with Gasteiger partial charge in [-0.2, -0.15) is 0 Å². The first-order valence-corrected chi connectivity index (χ1v) is 12.2. The van der Waals surface area contributed by atoms with Crippen molar-refractivity contribution in [1.29, 1.82) is 0 Å². The monoisotopic (exact) mass is 419 g/mol. The van der Waals surface area contributed by atoms with Crippen molar-refractivity contribution in [1.82, 2.24) is 20.1 Å². The first kappa shape index (κ1) is 20.9. The SMILES string of the molecule is CCN(C[C@H]1Cc2c(cccc2N2CCNCC2)CN1C)C1CCCc2cccnc21. The van der Waals surface area contributed by atoms with Gasteiger partial charge in [0.1, 0.15) is 0 Å². The Morgan fingerprint density at radius 2 is 1.97 bits per heavy atom. The predicted octanol–water partition coefficient (Wildman–Crippen LogP) is 3.25. The lowest BCUT2D eigenvalue weighted by molar-refractivity contribution is 0.109. The van der Waals surface area contributed by atoms with E-state index in [1.807, 2.05) is 6.20 Å². The Morgan fingerprint density at radius 3 is 2.81 bits per heavy atom. The molecule has 31 heavy (non-hydrogen) atoms. The van der Waals surface area contributed by atoms with Crippen molar-refractivity contribution in [3.8, 4) is 0 Å². The van der Waals surface area contributed by atoms with Gasteiger partial charge in [0.25, 0.3) is 0 Å². The van der Waals surface area contributed by atoms with Gasteiger partial charge in [-0.25, -0.2) is 0 Å². The molecular weight excluding hydrogens is 382 g/mol. The first-order chi connectivity index (χ1) is 15.2. The fourth-order valence-corrected chi connectivity index (χ4v) is 5.89. The van der Waals surface area contributed by atoms with Gasteiger partial charge in [0.2, 0.25) is 0 Å². The molecule has 5 heteroatoms. The van der Waals surface area contributed by atoms with Crippen molar-refractivity contribution in [2.45, 2.75) is 51.2 Å². The number of anilines is 1. The standard InChI is InChI=1S/C26H37N5/c1-3-30(25-11-4-7-20-9-6-12-28-26(20)25)19-22-17-23-21(18-29(22)2)8-5-10-24(23)31-15-13-27-14-16-31/h5-6,8-10,12,22,25,27H,3-4,7,11,13-19H2,1-2H3/t22-,25?/m1/s1. The molecule has 0 saturated carbocycles. The topological polar surface area (TPSA) is 34.6 Å². The van der Waals surface area contributed by atoms with E-state index in [4.69, 9.17) is 4.98 Å². The fourth-order valence-electron chi connectivity index (χ4n) is 5.89. The van der Waals surface area contributed by atoms with Gasteiger partial charge < -0.3 is 10.2 Å². The highest BCUT2D eigenvalue weighted by Gasteiger charge is 2.32. The minimum Gasteiger partial charge on any atom is -0.369 e. The van der Waals surface area contributed by atoms with Gasteiger partial charge in [0.05, 0.1) is 11.7 Å². The second-order valence-electron chi connectivity index (χ2n) is 9.47. The Kier molecular flexibility index (Phi) is 6.26. The number of aromatic nitrogens is 1. The Hall–Kier alpha value is -1.95. The number of rotatable bonds is 5. The molecule has 1 saturated heterocycles. The molecule has 2 aromatic rings. The smallest absolute Gasteiger partial charge is 0.0607 e. The normalized spacial score (nSPS) is 24.2. The van der Waals surface area contributed by atoms with Crippen LogP contribution in [0.4, 0.5) is 5.69 Å². The van der Waals surface area contributed by atoms with Crippen LogP contribution < -0.4 is 10.2 Å². The number of nitrogens with zero attached hydrogens (tertiary/aromatic N) is 4. The van der Waals surface area contributed by atoms with Crippen molar-refractivity contribution in [2.24, 2.45) is 0 Å². The van der Waals surface area contributed by atoms with Crippen molar-refractivity contribution in [3.63, 3.8) is 0 Å². The van der Waals surface area contributed by atoms with Gasteiger partial charge in [-0.15, -0.1) is 0 Å². The van der Waals surface area contributed by atoms with E-state index in [1.165, 1.54) is 41.8 Å². The number of pyridine rings is 1. The van der Waals surface area contributed by atoms with Gasteiger partial charge in [0.15, 0.2) is 0 Å². The Labute approximate surface area is 187 Å². The van der Waals surface area contributed by atoms with Crippen LogP contribution in [0, 0.1) is 0 Å². The van der Waals surface area contributed by atoms with Crippen LogP contribution in [-0.4, -0.2) is 67.1 Å². The van der Waals surface area contributed by atoms with Crippen LogP contribution in [0.25, 0.3) is 0 Å². The highest BCUT2D eigenvalue weighted by atomic mass is 15.2. The lowest BCUT2D eigenvalue weighted by atomic mass is 9.89. The number of piperazine rings is 1. The third kappa shape index (κ3) is 4.23. The second-order valence-corrected chi connectivity index (χ2v) is 9.47. The molecule has 0 bridgehead atoms. The van der Waals surface area contributed by atoms with E-state index in [0.717, 1.165) is 52.2 Å². The van der Waals surface area contributed by atoms with E-state index in [-0.39, 0.29) is 0 Å². The van der Waals surface area contributed by atoms with Crippen LogP contribution in [0.1, 0.15) is 48.2 Å². The van der Waals surface area contributed by atoms with Crippen LogP contribution in [0.5, 0.6) is 0 Å². The number of hydrogen-bond acceptors (Lipinski definition) is 5. The summed E-state index contributed by atoms with van der Waals surface area (Å²) in [7, 11) is 2.31. The largest absolute Gasteiger partial charge is 0.369 e. The maximum Gasteiger partial charge on any atom is 0.0607 e. The van der Waals surface area contributed by atoms with Crippen LogP contribution in [0.3, 0.4) is 0 Å². The zero-order valence-electron chi connectivity index (χ0n) is 19.2. The van der Waals surface area contributed by atoms with Crippen LogP contribution in [0.15, 0.2) is 36.5 Å². The number of fused-ring (bicyclic) bond motifs is 2. The predicted molar refractivity (Wildman–Crippen MR) is 128 cm³/mol. The fraction of sp³-hybridized carbons (Fsp3) is 0.577. The number of benzene rings is 1. The molecule has 3 aliphatic rings. The third-order valence-corrected chi connectivity index (χ3v) is 7.65. The van der Waals surface area contributed by atoms with Gasteiger partial charge in [-0.3, -0.25) is 14.8 Å². The summed E-state index contributed by atoms with van der Waals surface area (Å²) in [5.74, 6) is 0. The Bertz CT molecular complexity index is 891. The molecule has 2 atom stereocenters. The maximum absolute atomic E-state index is 4.83. The molecule has 3 heterocycles. The lowest BCUT2D eigenvalue weighted by Crippen LogP contribution is -2.48. The number of nitrogens with one attached hydrogen (secondary N) is 1. The molecule has 1 unspecified atom stereocenters. The average molecular weight is 420 g/mol. The van der Waals surface area contributed by atoms with Crippen molar-refractivity contribution in [2.75, 3.05) is 51.2 Å². The number of aryl methyl sites for hydroxylation is 1. The molecule has 1 fully saturated rings. The molecule has 0 amide bonds. The van der Waals surface area contributed by atoms with Crippen molar-refractivity contribution < 1.29 is 0 Å². The second kappa shape index (κ2) is 9.27. The molecule has 1 aliphatic carbocycles. The molecular formula is C26H37N5. The molecule has 5 nitrogen and oxygen atoms in total. The summed E-state index contributed by atoms with van der Waals surface area (Å²) in [5, 5.41) is 3.50. The van der Waals surface area contributed by atoms with E-state index in [1.54, 1.807) is 5.56 Å². The molecule has 2 aliphatic heterocycles. The minimum atomic E-state index is 0.466. The highest BCUT2D eigenvalue weighted by molar-refractivity contribution is 5.58. The van der Waals surface area contributed by atoms with Crippen LogP contribution in [0.2, 0.25) is 0 Å². The highest BCUT2D eigenvalue weighted by Crippen LogP contribution is 2.35. The summed E-state index contributed by atoms with van der Waals surface area (Å²) in [5.41, 5.74) is 7.37. The van der Waals surface area contributed by atoms with Gasteiger partial charge in [-0.05, 0) is 68.1 Å². The summed E-state index contributed by atoms with van der Waals surface area (Å²) < 4.78 is 0. The van der Waals surface area contributed by atoms with E-state index < -0.39 is 0 Å². The molecule has 5 rings (SSSR count). The lowest BCUT2D eigenvalue weighted by Gasteiger charge is -2.42. The molecule has 0 spiro atoms. The van der Waals surface area contributed by atoms with E-state index in [9.17, 15) is 0 Å². The molecule has 1 aromatic heterocycles. The van der Waals surface area contributed by atoms with Crippen molar-refractivity contribution in [3.05, 3.63) is 58.9 Å².